The fourth-order valence-corrected chi connectivity index (χ4v) is 1.84. The van der Waals surface area contributed by atoms with Crippen LogP contribution < -0.4 is 10.1 Å². The summed E-state index contributed by atoms with van der Waals surface area (Å²) in [6.07, 6.45) is 2.87. The first-order valence-corrected chi connectivity index (χ1v) is 6.73. The van der Waals surface area contributed by atoms with E-state index in [1.165, 1.54) is 0 Å². The monoisotopic (exact) mass is 276 g/mol. The molecule has 0 amide bonds. The zero-order valence-corrected chi connectivity index (χ0v) is 11.7. The molecule has 0 saturated heterocycles. The maximum absolute atomic E-state index is 6.03. The molecule has 19 heavy (non-hydrogen) atoms. The molecule has 0 aliphatic carbocycles. The summed E-state index contributed by atoms with van der Waals surface area (Å²) in [5, 5.41) is 3.94. The van der Waals surface area contributed by atoms with Crippen molar-refractivity contribution in [2.75, 3.05) is 11.9 Å². The molecular weight excluding hydrogens is 260 g/mol. The van der Waals surface area contributed by atoms with E-state index < -0.39 is 0 Å². The first kappa shape index (κ1) is 13.7. The second-order valence-corrected chi connectivity index (χ2v) is 4.59. The number of ether oxygens (including phenoxy) is 1. The van der Waals surface area contributed by atoms with Crippen molar-refractivity contribution in [3.05, 3.63) is 53.3 Å². The SMILES string of the molecule is CCCNc1ccnc(COc2ccccc2Cl)c1. The molecule has 0 aliphatic rings. The smallest absolute Gasteiger partial charge is 0.138 e. The van der Waals surface area contributed by atoms with Crippen molar-refractivity contribution in [1.29, 1.82) is 0 Å². The molecule has 0 aliphatic heterocycles. The van der Waals surface area contributed by atoms with E-state index in [1.807, 2.05) is 36.4 Å². The number of nitrogens with one attached hydrogen (secondary N) is 1. The molecule has 0 unspecified atom stereocenters. The summed E-state index contributed by atoms with van der Waals surface area (Å²) in [6, 6.07) is 11.4. The van der Waals surface area contributed by atoms with Crippen LogP contribution in [0.4, 0.5) is 5.69 Å². The van der Waals surface area contributed by atoms with Crippen LogP contribution in [0.25, 0.3) is 0 Å². The third kappa shape index (κ3) is 4.14. The second-order valence-electron chi connectivity index (χ2n) is 4.18. The van der Waals surface area contributed by atoms with Crippen LogP contribution in [0.2, 0.25) is 5.02 Å². The summed E-state index contributed by atoms with van der Waals surface area (Å²) in [5.41, 5.74) is 1.94. The Morgan fingerprint density at radius 2 is 2.11 bits per heavy atom. The van der Waals surface area contributed by atoms with Crippen LogP contribution in [-0.4, -0.2) is 11.5 Å². The molecule has 2 rings (SSSR count). The summed E-state index contributed by atoms with van der Waals surface area (Å²) in [5.74, 6) is 0.679. The van der Waals surface area contributed by atoms with Gasteiger partial charge in [0, 0.05) is 18.4 Å². The number of hydrogen-bond acceptors (Lipinski definition) is 3. The van der Waals surface area contributed by atoms with Gasteiger partial charge in [-0.1, -0.05) is 30.7 Å². The lowest BCUT2D eigenvalue weighted by atomic mass is 10.3. The fraction of sp³-hybridized carbons (Fsp3) is 0.267. The van der Waals surface area contributed by atoms with Gasteiger partial charge in [0.15, 0.2) is 0 Å². The van der Waals surface area contributed by atoms with Crippen LogP contribution in [0.1, 0.15) is 19.0 Å². The van der Waals surface area contributed by atoms with E-state index in [0.29, 0.717) is 17.4 Å². The Hall–Kier alpha value is -1.74. The number of anilines is 1. The van der Waals surface area contributed by atoms with Gasteiger partial charge in [-0.15, -0.1) is 0 Å². The van der Waals surface area contributed by atoms with Crippen molar-refractivity contribution < 1.29 is 4.74 Å². The second kappa shape index (κ2) is 7.00. The zero-order chi connectivity index (χ0) is 13.5. The Kier molecular flexibility index (Phi) is 5.04. The van der Waals surface area contributed by atoms with Gasteiger partial charge in [0.05, 0.1) is 10.7 Å². The van der Waals surface area contributed by atoms with Gasteiger partial charge in [0.25, 0.3) is 0 Å². The minimum atomic E-state index is 0.408. The normalized spacial score (nSPS) is 10.2. The molecule has 0 saturated carbocycles. The van der Waals surface area contributed by atoms with E-state index >= 15 is 0 Å². The predicted molar refractivity (Wildman–Crippen MR) is 78.8 cm³/mol. The predicted octanol–water partition coefficient (Wildman–Crippen LogP) is 4.14. The number of pyridine rings is 1. The third-order valence-electron chi connectivity index (χ3n) is 2.61. The molecule has 3 nitrogen and oxygen atoms in total. The first-order valence-electron chi connectivity index (χ1n) is 6.35. The third-order valence-corrected chi connectivity index (χ3v) is 2.92. The Morgan fingerprint density at radius 1 is 1.26 bits per heavy atom. The molecule has 1 heterocycles. The van der Waals surface area contributed by atoms with E-state index in [4.69, 9.17) is 16.3 Å². The lowest BCUT2D eigenvalue weighted by molar-refractivity contribution is 0.301. The molecular formula is C15H17ClN2O. The van der Waals surface area contributed by atoms with Gasteiger partial charge in [0.1, 0.15) is 12.4 Å². The van der Waals surface area contributed by atoms with E-state index in [0.717, 1.165) is 24.3 Å². The molecule has 0 atom stereocenters. The van der Waals surface area contributed by atoms with Gasteiger partial charge in [-0.3, -0.25) is 4.98 Å². The fourth-order valence-electron chi connectivity index (χ4n) is 1.65. The highest BCUT2D eigenvalue weighted by molar-refractivity contribution is 6.32. The van der Waals surface area contributed by atoms with Gasteiger partial charge in [-0.2, -0.15) is 0 Å². The molecule has 1 aromatic heterocycles. The van der Waals surface area contributed by atoms with Gasteiger partial charge < -0.3 is 10.1 Å². The maximum atomic E-state index is 6.03. The van der Waals surface area contributed by atoms with Crippen LogP contribution in [0.15, 0.2) is 42.6 Å². The van der Waals surface area contributed by atoms with E-state index in [1.54, 1.807) is 6.20 Å². The lowest BCUT2D eigenvalue weighted by Gasteiger charge is -2.09. The molecule has 0 fully saturated rings. The van der Waals surface area contributed by atoms with Crippen LogP contribution in [0.5, 0.6) is 5.75 Å². The average molecular weight is 277 g/mol. The number of rotatable bonds is 6. The highest BCUT2D eigenvalue weighted by atomic mass is 35.5. The van der Waals surface area contributed by atoms with E-state index in [-0.39, 0.29) is 0 Å². The van der Waals surface area contributed by atoms with Crippen LogP contribution in [0.3, 0.4) is 0 Å². The number of nitrogens with zero attached hydrogens (tertiary/aromatic N) is 1. The van der Waals surface area contributed by atoms with Crippen LogP contribution >= 0.6 is 11.6 Å². The standard InChI is InChI=1S/C15H17ClN2O/c1-2-8-17-12-7-9-18-13(10-12)11-19-15-6-4-3-5-14(15)16/h3-7,9-10H,2,8,11H2,1H3,(H,17,18). The Morgan fingerprint density at radius 3 is 2.89 bits per heavy atom. The molecule has 0 spiro atoms. The molecule has 1 aromatic carbocycles. The zero-order valence-electron chi connectivity index (χ0n) is 10.9. The van der Waals surface area contributed by atoms with Gasteiger partial charge in [0.2, 0.25) is 0 Å². The largest absolute Gasteiger partial charge is 0.486 e. The quantitative estimate of drug-likeness (QED) is 0.861. The summed E-state index contributed by atoms with van der Waals surface area (Å²) in [4.78, 5) is 4.28. The van der Waals surface area contributed by atoms with Crippen molar-refractivity contribution >= 4 is 17.3 Å². The molecule has 100 valence electrons. The summed E-state index contributed by atoms with van der Waals surface area (Å²) >= 11 is 6.03. The average Bonchev–Trinajstić information content (AvgIpc) is 2.45. The molecule has 4 heteroatoms. The minimum absolute atomic E-state index is 0.408. The topological polar surface area (TPSA) is 34.2 Å². The van der Waals surface area contributed by atoms with Crippen molar-refractivity contribution in [2.24, 2.45) is 0 Å². The van der Waals surface area contributed by atoms with Crippen molar-refractivity contribution in [3.63, 3.8) is 0 Å². The molecule has 0 bridgehead atoms. The number of aromatic nitrogens is 1. The van der Waals surface area contributed by atoms with Crippen molar-refractivity contribution in [1.82, 2.24) is 4.98 Å². The summed E-state index contributed by atoms with van der Waals surface area (Å²) in [6.45, 7) is 3.50. The molecule has 1 N–H and O–H groups in total. The summed E-state index contributed by atoms with van der Waals surface area (Å²) < 4.78 is 5.66. The number of halogens is 1. The highest BCUT2D eigenvalue weighted by Gasteiger charge is 2.02. The Balaban J connectivity index is 1.98. The number of para-hydroxylation sites is 1. The number of benzene rings is 1. The van der Waals surface area contributed by atoms with Gasteiger partial charge in [-0.05, 0) is 30.7 Å². The van der Waals surface area contributed by atoms with Crippen molar-refractivity contribution in [3.8, 4) is 5.75 Å². The Labute approximate surface area is 118 Å². The first-order chi connectivity index (χ1) is 9.29. The minimum Gasteiger partial charge on any atom is -0.486 e. The maximum Gasteiger partial charge on any atom is 0.138 e. The van der Waals surface area contributed by atoms with Gasteiger partial charge >= 0.3 is 0 Å². The van der Waals surface area contributed by atoms with E-state index in [2.05, 4.69) is 17.2 Å². The molecule has 0 radical (unpaired) electrons. The van der Waals surface area contributed by atoms with Gasteiger partial charge in [-0.25, -0.2) is 0 Å². The number of hydrogen-bond donors (Lipinski definition) is 1. The lowest BCUT2D eigenvalue weighted by Crippen LogP contribution is -2.03. The van der Waals surface area contributed by atoms with Crippen LogP contribution in [-0.2, 0) is 6.61 Å². The van der Waals surface area contributed by atoms with E-state index in [9.17, 15) is 0 Å². The highest BCUT2D eigenvalue weighted by Crippen LogP contribution is 2.24. The summed E-state index contributed by atoms with van der Waals surface area (Å²) in [7, 11) is 0. The van der Waals surface area contributed by atoms with Crippen molar-refractivity contribution in [2.45, 2.75) is 20.0 Å². The van der Waals surface area contributed by atoms with Crippen LogP contribution in [0, 0.1) is 0 Å². The molecule has 2 aromatic rings. The Bertz CT molecular complexity index is 531.